The summed E-state index contributed by atoms with van der Waals surface area (Å²) in [7, 11) is 0. The Bertz CT molecular complexity index is 375. The molecule has 2 nitrogen and oxygen atoms in total. The fourth-order valence-corrected chi connectivity index (χ4v) is 3.22. The van der Waals surface area contributed by atoms with E-state index < -0.39 is 0 Å². The number of benzene rings is 1. The van der Waals surface area contributed by atoms with E-state index in [0.717, 1.165) is 24.9 Å². The molecule has 1 aromatic carbocycles. The molecule has 0 saturated heterocycles. The number of halogens is 1. The van der Waals surface area contributed by atoms with Crippen molar-refractivity contribution in [1.29, 1.82) is 0 Å². The van der Waals surface area contributed by atoms with E-state index >= 15 is 0 Å². The quantitative estimate of drug-likeness (QED) is 0.803. The van der Waals surface area contributed by atoms with Crippen molar-refractivity contribution in [1.82, 2.24) is 0 Å². The molecule has 1 aliphatic rings. The smallest absolute Gasteiger partial charge is 0.128 e. The molecule has 0 unspecified atom stereocenters. The summed E-state index contributed by atoms with van der Waals surface area (Å²) in [5.74, 6) is 1.06. The molecule has 3 heteroatoms. The number of quaternary nitrogens is 1. The fourth-order valence-electron chi connectivity index (χ4n) is 2.67. The van der Waals surface area contributed by atoms with E-state index in [1.165, 1.54) is 41.2 Å². The van der Waals surface area contributed by atoms with Gasteiger partial charge in [-0.15, -0.1) is 0 Å². The van der Waals surface area contributed by atoms with E-state index in [-0.39, 0.29) is 0 Å². The van der Waals surface area contributed by atoms with Gasteiger partial charge in [-0.2, -0.15) is 0 Å². The lowest BCUT2D eigenvalue weighted by molar-refractivity contribution is -0.706. The number of ether oxygens (including phenoxy) is 1. The van der Waals surface area contributed by atoms with Crippen LogP contribution in [0.2, 0.25) is 0 Å². The molecule has 1 aromatic rings. The zero-order chi connectivity index (χ0) is 12.8. The van der Waals surface area contributed by atoms with Gasteiger partial charge in [-0.05, 0) is 73.4 Å². The lowest BCUT2D eigenvalue weighted by Crippen LogP contribution is -2.88. The Kier molecular flexibility index (Phi) is 5.76. The topological polar surface area (TPSA) is 25.8 Å². The van der Waals surface area contributed by atoms with E-state index in [9.17, 15) is 0 Å². The second-order valence-electron chi connectivity index (χ2n) is 5.02. The molecule has 2 N–H and O–H groups in total. The van der Waals surface area contributed by atoms with E-state index in [4.69, 9.17) is 4.74 Å². The van der Waals surface area contributed by atoms with Gasteiger partial charge in [0.2, 0.25) is 0 Å². The van der Waals surface area contributed by atoms with E-state index in [1.807, 2.05) is 6.92 Å². The highest BCUT2D eigenvalue weighted by molar-refractivity contribution is 14.1. The summed E-state index contributed by atoms with van der Waals surface area (Å²) in [5.41, 5.74) is 1.34. The minimum Gasteiger partial charge on any atom is -0.493 e. The molecule has 0 aliphatic heterocycles. The molecular weight excluding hydrogens is 337 g/mol. The Morgan fingerprint density at radius 2 is 2.06 bits per heavy atom. The van der Waals surface area contributed by atoms with Gasteiger partial charge in [-0.3, -0.25) is 0 Å². The number of hydrogen-bond acceptors (Lipinski definition) is 1. The zero-order valence-corrected chi connectivity index (χ0v) is 13.3. The largest absolute Gasteiger partial charge is 0.493 e. The predicted molar refractivity (Wildman–Crippen MR) is 82.8 cm³/mol. The van der Waals surface area contributed by atoms with E-state index in [2.05, 4.69) is 46.1 Å². The first kappa shape index (κ1) is 14.1. The van der Waals surface area contributed by atoms with Gasteiger partial charge >= 0.3 is 0 Å². The Morgan fingerprint density at radius 3 is 2.78 bits per heavy atom. The standard InChI is InChI=1S/C15H22INO/c1-2-18-15-9-8-13(16)10-12(15)11-17-14-6-4-3-5-7-14/h8-10,14,17H,2-7,11H2,1H3/p+1. The zero-order valence-electron chi connectivity index (χ0n) is 11.1. The molecule has 100 valence electrons. The van der Waals surface area contributed by atoms with Crippen LogP contribution in [0.3, 0.4) is 0 Å². The van der Waals surface area contributed by atoms with Crippen LogP contribution in [0.25, 0.3) is 0 Å². The van der Waals surface area contributed by atoms with Gasteiger partial charge < -0.3 is 10.1 Å². The third kappa shape index (κ3) is 4.12. The summed E-state index contributed by atoms with van der Waals surface area (Å²) >= 11 is 2.38. The second-order valence-corrected chi connectivity index (χ2v) is 6.27. The van der Waals surface area contributed by atoms with Crippen LogP contribution >= 0.6 is 22.6 Å². The molecule has 18 heavy (non-hydrogen) atoms. The summed E-state index contributed by atoms with van der Waals surface area (Å²) in [6.07, 6.45) is 7.01. The first-order valence-corrected chi connectivity index (χ1v) is 8.12. The summed E-state index contributed by atoms with van der Waals surface area (Å²) in [4.78, 5) is 0. The van der Waals surface area contributed by atoms with Gasteiger partial charge in [0.25, 0.3) is 0 Å². The van der Waals surface area contributed by atoms with Crippen LogP contribution in [0, 0.1) is 3.57 Å². The molecule has 1 saturated carbocycles. The first-order chi connectivity index (χ1) is 8.79. The maximum Gasteiger partial charge on any atom is 0.128 e. The fraction of sp³-hybridized carbons (Fsp3) is 0.600. The summed E-state index contributed by atoms with van der Waals surface area (Å²) < 4.78 is 7.00. The highest BCUT2D eigenvalue weighted by Crippen LogP contribution is 2.21. The minimum atomic E-state index is 0.747. The molecule has 1 aliphatic carbocycles. The lowest BCUT2D eigenvalue weighted by Gasteiger charge is -2.20. The van der Waals surface area contributed by atoms with Crippen molar-refractivity contribution in [2.45, 2.75) is 51.6 Å². The number of nitrogens with two attached hydrogens (primary N) is 1. The third-order valence-corrected chi connectivity index (χ3v) is 4.31. The molecule has 0 aromatic heterocycles. The Hall–Kier alpha value is -0.290. The highest BCUT2D eigenvalue weighted by atomic mass is 127. The van der Waals surface area contributed by atoms with E-state index in [1.54, 1.807) is 0 Å². The summed E-state index contributed by atoms with van der Waals surface area (Å²) in [6, 6.07) is 7.31. The van der Waals surface area contributed by atoms with Crippen molar-refractivity contribution in [3.63, 3.8) is 0 Å². The maximum atomic E-state index is 5.71. The molecule has 0 spiro atoms. The molecule has 0 heterocycles. The van der Waals surface area contributed by atoms with Crippen LogP contribution in [0.1, 0.15) is 44.6 Å². The van der Waals surface area contributed by atoms with Crippen molar-refractivity contribution in [2.75, 3.05) is 6.61 Å². The van der Waals surface area contributed by atoms with Crippen LogP contribution < -0.4 is 10.1 Å². The monoisotopic (exact) mass is 360 g/mol. The Morgan fingerprint density at radius 1 is 1.28 bits per heavy atom. The summed E-state index contributed by atoms with van der Waals surface area (Å²) in [5, 5.41) is 2.51. The van der Waals surface area contributed by atoms with Crippen LogP contribution in [-0.4, -0.2) is 12.6 Å². The molecule has 2 rings (SSSR count). The van der Waals surface area contributed by atoms with Crippen LogP contribution in [0.15, 0.2) is 18.2 Å². The van der Waals surface area contributed by atoms with Crippen molar-refractivity contribution < 1.29 is 10.1 Å². The molecule has 0 radical (unpaired) electrons. The van der Waals surface area contributed by atoms with Crippen LogP contribution in [0.5, 0.6) is 5.75 Å². The van der Waals surface area contributed by atoms with Crippen molar-refractivity contribution >= 4 is 22.6 Å². The lowest BCUT2D eigenvalue weighted by atomic mass is 9.95. The maximum absolute atomic E-state index is 5.71. The van der Waals surface area contributed by atoms with Gasteiger partial charge in [0, 0.05) is 9.13 Å². The van der Waals surface area contributed by atoms with Gasteiger partial charge in [0.1, 0.15) is 12.3 Å². The first-order valence-electron chi connectivity index (χ1n) is 7.04. The predicted octanol–water partition coefficient (Wildman–Crippen LogP) is 3.09. The van der Waals surface area contributed by atoms with Gasteiger partial charge in [0.05, 0.1) is 12.6 Å². The molecule has 0 atom stereocenters. The normalized spacial score (nSPS) is 16.8. The Balaban J connectivity index is 1.95. The van der Waals surface area contributed by atoms with Crippen molar-refractivity contribution in [3.05, 3.63) is 27.3 Å². The van der Waals surface area contributed by atoms with Gasteiger partial charge in [0.15, 0.2) is 0 Å². The SMILES string of the molecule is CCOc1ccc(I)cc1C[NH2+]C1CCCCC1. The number of hydrogen-bond donors (Lipinski definition) is 1. The van der Waals surface area contributed by atoms with Crippen molar-refractivity contribution in [3.8, 4) is 5.75 Å². The van der Waals surface area contributed by atoms with Crippen molar-refractivity contribution in [2.24, 2.45) is 0 Å². The second kappa shape index (κ2) is 7.34. The molecule has 1 fully saturated rings. The average molecular weight is 360 g/mol. The third-order valence-electron chi connectivity index (χ3n) is 3.64. The van der Waals surface area contributed by atoms with Crippen LogP contribution in [0.4, 0.5) is 0 Å². The molecule has 0 bridgehead atoms. The average Bonchev–Trinajstić information content (AvgIpc) is 2.40. The van der Waals surface area contributed by atoms with Gasteiger partial charge in [-0.1, -0.05) is 6.42 Å². The highest BCUT2D eigenvalue weighted by Gasteiger charge is 2.16. The van der Waals surface area contributed by atoms with Gasteiger partial charge in [-0.25, -0.2) is 0 Å². The Labute approximate surface area is 124 Å². The number of rotatable bonds is 5. The minimum absolute atomic E-state index is 0.747. The van der Waals surface area contributed by atoms with E-state index in [0.29, 0.717) is 0 Å². The molecular formula is C15H23INO+. The summed E-state index contributed by atoms with van der Waals surface area (Å²) in [6.45, 7) is 3.85. The molecule has 0 amide bonds. The van der Waals surface area contributed by atoms with Crippen LogP contribution in [-0.2, 0) is 6.54 Å².